The molecule has 0 atom stereocenters. The molecule has 0 aliphatic rings. The lowest BCUT2D eigenvalue weighted by atomic mass is 10.2. The van der Waals surface area contributed by atoms with Crippen LogP contribution in [0.2, 0.25) is 0 Å². The summed E-state index contributed by atoms with van der Waals surface area (Å²) in [7, 11) is -3.20. The highest BCUT2D eigenvalue weighted by Crippen LogP contribution is 2.27. The van der Waals surface area contributed by atoms with E-state index in [0.29, 0.717) is 0 Å². The Bertz CT molecular complexity index is 509. The Morgan fingerprint density at radius 1 is 1.44 bits per heavy atom. The summed E-state index contributed by atoms with van der Waals surface area (Å²) in [6.07, 6.45) is 0. The van der Waals surface area contributed by atoms with Crippen LogP contribution in [0.4, 0.5) is 5.69 Å². The Morgan fingerprint density at radius 2 is 2.06 bits per heavy atom. The molecule has 0 aliphatic heterocycles. The second-order valence-electron chi connectivity index (χ2n) is 2.97. The Morgan fingerprint density at radius 3 is 2.50 bits per heavy atom. The van der Waals surface area contributed by atoms with Crippen molar-refractivity contribution in [1.29, 1.82) is 0 Å². The predicted molar refractivity (Wildman–Crippen MR) is 53.0 cm³/mol. The van der Waals surface area contributed by atoms with Gasteiger partial charge in [-0.2, -0.15) is 0 Å². The van der Waals surface area contributed by atoms with E-state index in [-0.39, 0.29) is 17.0 Å². The molecule has 0 N–H and O–H groups in total. The van der Waals surface area contributed by atoms with Crippen LogP contribution in [-0.4, -0.2) is 25.0 Å². The van der Waals surface area contributed by atoms with Gasteiger partial charge in [0.15, 0.2) is 5.75 Å². The third kappa shape index (κ3) is 3.17. The minimum absolute atomic E-state index is 0.0112. The number of methoxy groups -OCH3 is 1. The number of rotatable bonds is 4. The van der Waals surface area contributed by atoms with E-state index in [0.717, 1.165) is 6.07 Å². The number of nitro benzene ring substituents is 1. The summed E-state index contributed by atoms with van der Waals surface area (Å²) < 4.78 is 36.2. The minimum Gasteiger partial charge on any atom is -0.748 e. The largest absolute Gasteiger partial charge is 0.748 e. The molecule has 1 aromatic rings. The van der Waals surface area contributed by atoms with E-state index in [1.54, 1.807) is 0 Å². The fourth-order valence-corrected chi connectivity index (χ4v) is 1.76. The molecule has 7 nitrogen and oxygen atoms in total. The lowest BCUT2D eigenvalue weighted by Gasteiger charge is -2.07. The number of nitrogens with zero attached hydrogens (tertiary/aromatic N) is 1. The second-order valence-corrected chi connectivity index (χ2v) is 4.37. The third-order valence-corrected chi connectivity index (χ3v) is 2.47. The maximum atomic E-state index is 10.6. The zero-order chi connectivity index (χ0) is 12.3. The number of hydrogen-bond donors (Lipinski definition) is 0. The summed E-state index contributed by atoms with van der Waals surface area (Å²) in [5.74, 6) is -0.769. The summed E-state index contributed by atoms with van der Waals surface area (Å²) in [6.45, 7) is 0. The van der Waals surface area contributed by atoms with Gasteiger partial charge in [0.25, 0.3) is 0 Å². The van der Waals surface area contributed by atoms with Crippen LogP contribution in [0.5, 0.6) is 5.75 Å². The van der Waals surface area contributed by atoms with Gasteiger partial charge in [-0.3, -0.25) is 10.1 Å². The molecule has 0 saturated carbocycles. The molecule has 0 saturated heterocycles. The van der Waals surface area contributed by atoms with Crippen molar-refractivity contribution in [2.24, 2.45) is 0 Å². The fourth-order valence-electron chi connectivity index (χ4n) is 1.17. The van der Waals surface area contributed by atoms with Crippen LogP contribution < -0.4 is 4.74 Å². The summed E-state index contributed by atoms with van der Waals surface area (Å²) in [5, 5.41) is 10.6. The molecule has 0 unspecified atom stereocenters. The molecule has 0 spiro atoms. The SMILES string of the molecule is COc1ccc(CS(=O)(=O)[O-])cc1[N+](=O)[O-]. The number of hydrogen-bond acceptors (Lipinski definition) is 6. The predicted octanol–water partition coefficient (Wildman–Crippen LogP) is 0.649. The number of nitro groups is 1. The molecule has 88 valence electrons. The Balaban J connectivity index is 3.17. The van der Waals surface area contributed by atoms with Gasteiger partial charge < -0.3 is 9.29 Å². The molecule has 1 rings (SSSR count). The Kier molecular flexibility index (Phi) is 3.45. The average Bonchev–Trinajstić information content (AvgIpc) is 2.15. The first-order chi connectivity index (χ1) is 7.33. The van der Waals surface area contributed by atoms with Gasteiger partial charge in [-0.05, 0) is 11.6 Å². The highest BCUT2D eigenvalue weighted by atomic mass is 32.2. The first-order valence-electron chi connectivity index (χ1n) is 4.08. The van der Waals surface area contributed by atoms with Gasteiger partial charge in [-0.15, -0.1) is 0 Å². The Labute approximate surface area is 91.6 Å². The molecule has 0 heterocycles. The first-order valence-corrected chi connectivity index (χ1v) is 5.66. The molecule has 0 aliphatic carbocycles. The molecular weight excluding hydrogens is 238 g/mol. The average molecular weight is 246 g/mol. The molecule has 0 bridgehead atoms. The molecule has 16 heavy (non-hydrogen) atoms. The number of ether oxygens (including phenoxy) is 1. The third-order valence-electron chi connectivity index (χ3n) is 1.78. The lowest BCUT2D eigenvalue weighted by molar-refractivity contribution is -0.385. The molecule has 0 amide bonds. The summed E-state index contributed by atoms with van der Waals surface area (Å²) in [5.41, 5.74) is -0.314. The summed E-state index contributed by atoms with van der Waals surface area (Å²) >= 11 is 0. The van der Waals surface area contributed by atoms with Crippen LogP contribution in [-0.2, 0) is 15.9 Å². The van der Waals surface area contributed by atoms with E-state index >= 15 is 0 Å². The molecule has 8 heteroatoms. The van der Waals surface area contributed by atoms with Gasteiger partial charge in [-0.1, -0.05) is 6.07 Å². The van der Waals surface area contributed by atoms with Crippen molar-refractivity contribution in [2.45, 2.75) is 5.75 Å². The first kappa shape index (κ1) is 12.4. The molecule has 0 aromatic heterocycles. The van der Waals surface area contributed by atoms with Gasteiger partial charge in [0.1, 0.15) is 0 Å². The summed E-state index contributed by atoms with van der Waals surface area (Å²) in [4.78, 5) is 9.89. The van der Waals surface area contributed by atoms with Crippen molar-refractivity contribution in [3.8, 4) is 5.75 Å². The standard InChI is InChI=1S/C8H9NO6S/c1-15-8-3-2-6(5-16(12,13)14)4-7(8)9(10)11/h2-4H,5H2,1H3,(H,12,13,14)/p-1. The van der Waals surface area contributed by atoms with Crippen LogP contribution in [0.1, 0.15) is 5.56 Å². The Hall–Kier alpha value is -1.67. The highest BCUT2D eigenvalue weighted by molar-refractivity contribution is 7.84. The number of benzene rings is 1. The normalized spacial score (nSPS) is 11.1. The lowest BCUT2D eigenvalue weighted by Crippen LogP contribution is -2.03. The second kappa shape index (κ2) is 4.45. The van der Waals surface area contributed by atoms with Crippen molar-refractivity contribution < 1.29 is 22.6 Å². The van der Waals surface area contributed by atoms with Crippen LogP contribution in [0.25, 0.3) is 0 Å². The zero-order valence-corrected chi connectivity index (χ0v) is 9.06. The highest BCUT2D eigenvalue weighted by Gasteiger charge is 2.15. The monoisotopic (exact) mass is 246 g/mol. The van der Waals surface area contributed by atoms with Crippen molar-refractivity contribution in [3.63, 3.8) is 0 Å². The van der Waals surface area contributed by atoms with Crippen LogP contribution >= 0.6 is 0 Å². The molecule has 0 radical (unpaired) electrons. The van der Waals surface area contributed by atoms with E-state index in [2.05, 4.69) is 0 Å². The maximum absolute atomic E-state index is 10.6. The van der Waals surface area contributed by atoms with Crippen molar-refractivity contribution >= 4 is 15.8 Å². The fraction of sp³-hybridized carbons (Fsp3) is 0.250. The summed E-state index contributed by atoms with van der Waals surface area (Å²) in [6, 6.07) is 3.55. The molecule has 0 fully saturated rings. The van der Waals surface area contributed by atoms with E-state index < -0.39 is 20.8 Å². The van der Waals surface area contributed by atoms with Crippen molar-refractivity contribution in [1.82, 2.24) is 0 Å². The van der Waals surface area contributed by atoms with Crippen molar-refractivity contribution in [2.75, 3.05) is 7.11 Å². The van der Waals surface area contributed by atoms with Crippen LogP contribution in [0.15, 0.2) is 18.2 Å². The smallest absolute Gasteiger partial charge is 0.311 e. The van der Waals surface area contributed by atoms with Gasteiger partial charge in [0, 0.05) is 6.07 Å². The zero-order valence-electron chi connectivity index (χ0n) is 8.24. The van der Waals surface area contributed by atoms with E-state index in [4.69, 9.17) is 4.74 Å². The van der Waals surface area contributed by atoms with Crippen LogP contribution in [0.3, 0.4) is 0 Å². The quantitative estimate of drug-likeness (QED) is 0.438. The molecule has 1 aromatic carbocycles. The van der Waals surface area contributed by atoms with Crippen molar-refractivity contribution in [3.05, 3.63) is 33.9 Å². The molecular formula is C8H8NO6S-. The van der Waals surface area contributed by atoms with Gasteiger partial charge >= 0.3 is 5.69 Å². The topological polar surface area (TPSA) is 110 Å². The maximum Gasteiger partial charge on any atom is 0.311 e. The van der Waals surface area contributed by atoms with Gasteiger partial charge in [0.2, 0.25) is 0 Å². The minimum atomic E-state index is -4.45. The van der Waals surface area contributed by atoms with Crippen LogP contribution in [0, 0.1) is 10.1 Å². The van der Waals surface area contributed by atoms with Gasteiger partial charge in [0.05, 0.1) is 27.9 Å². The van der Waals surface area contributed by atoms with E-state index in [9.17, 15) is 23.1 Å². The van der Waals surface area contributed by atoms with E-state index in [1.807, 2.05) is 0 Å². The van der Waals surface area contributed by atoms with Gasteiger partial charge in [-0.25, -0.2) is 8.42 Å². The van der Waals surface area contributed by atoms with E-state index in [1.165, 1.54) is 19.2 Å².